The standard InChI is InChI=1S/C20H8Br2Cl2O5.2Na/c21-15-11(25)5-1-7-17(15)28-18-8(2-6-12(26)16(18)22)20(7)14-10(24)4-3-9(23)13(14)19(27)29-20;;/h1-6,25-26H;;/q;2*+1/p-2. The zero-order valence-corrected chi connectivity index (χ0v) is 24.7. The van der Waals surface area contributed by atoms with Crippen molar-refractivity contribution < 1.29 is 83.6 Å². The third kappa shape index (κ3) is 3.52. The van der Waals surface area contributed by atoms with Crippen molar-refractivity contribution in [2.45, 2.75) is 5.60 Å². The number of esters is 1. The van der Waals surface area contributed by atoms with Crippen LogP contribution in [0.5, 0.6) is 23.0 Å². The molecule has 11 heteroatoms. The molecule has 3 aromatic rings. The fourth-order valence-electron chi connectivity index (χ4n) is 3.79. The Balaban J connectivity index is 0.00000136. The molecule has 1 spiro atoms. The molecule has 0 amide bonds. The van der Waals surface area contributed by atoms with Crippen LogP contribution >= 0.6 is 55.1 Å². The third-order valence-corrected chi connectivity index (χ3v) is 7.12. The zero-order chi connectivity index (χ0) is 20.7. The second kappa shape index (κ2) is 9.02. The van der Waals surface area contributed by atoms with E-state index in [2.05, 4.69) is 31.9 Å². The van der Waals surface area contributed by atoms with Crippen LogP contribution in [0.15, 0.2) is 45.3 Å². The minimum absolute atomic E-state index is 0. The number of hydrogen-bond acceptors (Lipinski definition) is 5. The quantitative estimate of drug-likeness (QED) is 0.250. The maximum Gasteiger partial charge on any atom is 1.00 e. The largest absolute Gasteiger partial charge is 1.00 e. The van der Waals surface area contributed by atoms with Gasteiger partial charge in [0.15, 0.2) is 5.60 Å². The van der Waals surface area contributed by atoms with E-state index in [4.69, 9.17) is 32.7 Å². The smallest absolute Gasteiger partial charge is 0.872 e. The Morgan fingerprint density at radius 2 is 1.29 bits per heavy atom. The van der Waals surface area contributed by atoms with Crippen molar-refractivity contribution in [3.05, 3.63) is 77.6 Å². The Hall–Kier alpha value is 0.0700. The van der Waals surface area contributed by atoms with Gasteiger partial charge in [-0.2, -0.15) is 0 Å². The molecule has 31 heavy (non-hydrogen) atoms. The summed E-state index contributed by atoms with van der Waals surface area (Å²) < 4.78 is 12.1. The van der Waals surface area contributed by atoms with Crippen molar-refractivity contribution in [2.24, 2.45) is 0 Å². The number of carbonyl (C=O) groups excluding carboxylic acids is 1. The first kappa shape index (κ1) is 25.7. The molecule has 0 fully saturated rings. The predicted molar refractivity (Wildman–Crippen MR) is 109 cm³/mol. The molecule has 0 aromatic heterocycles. The molecule has 0 atom stereocenters. The van der Waals surface area contributed by atoms with Crippen LogP contribution in [0.1, 0.15) is 27.0 Å². The number of ether oxygens (including phenoxy) is 2. The molecule has 3 aromatic carbocycles. The summed E-state index contributed by atoms with van der Waals surface area (Å²) in [6.45, 7) is 0. The van der Waals surface area contributed by atoms with Gasteiger partial charge in [-0.1, -0.05) is 59.0 Å². The first-order valence-corrected chi connectivity index (χ1v) is 10.5. The van der Waals surface area contributed by atoms with Gasteiger partial charge in [0.05, 0.1) is 19.5 Å². The van der Waals surface area contributed by atoms with E-state index in [1.807, 2.05) is 0 Å². The summed E-state index contributed by atoms with van der Waals surface area (Å²) in [4.78, 5) is 12.9. The predicted octanol–water partition coefficient (Wildman–Crippen LogP) is -0.758. The molecule has 0 aliphatic carbocycles. The van der Waals surface area contributed by atoms with Crippen LogP contribution in [0.25, 0.3) is 0 Å². The van der Waals surface area contributed by atoms with E-state index >= 15 is 0 Å². The number of benzene rings is 3. The summed E-state index contributed by atoms with van der Waals surface area (Å²) in [6, 6.07) is 8.78. The molecule has 2 heterocycles. The average Bonchev–Trinajstić information content (AvgIpc) is 3.00. The van der Waals surface area contributed by atoms with Gasteiger partial charge in [-0.05, 0) is 44.0 Å². The van der Waals surface area contributed by atoms with Crippen molar-refractivity contribution in [2.75, 3.05) is 0 Å². The van der Waals surface area contributed by atoms with Crippen molar-refractivity contribution in [3.63, 3.8) is 0 Å². The maximum atomic E-state index is 12.9. The van der Waals surface area contributed by atoms with Crippen molar-refractivity contribution in [1.29, 1.82) is 0 Å². The zero-order valence-electron chi connectivity index (χ0n) is 16.0. The summed E-state index contributed by atoms with van der Waals surface area (Å²) in [6.07, 6.45) is 0. The van der Waals surface area contributed by atoms with E-state index < -0.39 is 11.6 Å². The normalized spacial score (nSPS) is 14.4. The number of rotatable bonds is 0. The molecule has 0 N–H and O–H groups in total. The van der Waals surface area contributed by atoms with E-state index in [0.29, 0.717) is 16.7 Å². The van der Waals surface area contributed by atoms with Gasteiger partial charge >= 0.3 is 65.1 Å². The molecular weight excluding hydrogens is 597 g/mol. The van der Waals surface area contributed by atoms with Crippen LogP contribution < -0.4 is 74.1 Å². The maximum absolute atomic E-state index is 12.9. The molecule has 5 nitrogen and oxygen atoms in total. The van der Waals surface area contributed by atoms with Crippen molar-refractivity contribution >= 4 is 61.0 Å². The molecule has 0 bridgehead atoms. The second-order valence-corrected chi connectivity index (χ2v) is 8.86. The van der Waals surface area contributed by atoms with Crippen LogP contribution in [0.4, 0.5) is 0 Å². The Bertz CT molecular complexity index is 1210. The number of halogens is 4. The SMILES string of the molecule is O=C1OC2(c3ccc([O-])c(Br)c3Oc3c2ccc([O-])c3Br)c2c(Cl)ccc(Cl)c21.[Na+].[Na+]. The number of hydrogen-bond donors (Lipinski definition) is 0. The molecule has 2 aliphatic rings. The molecule has 5 rings (SSSR count). The first-order chi connectivity index (χ1) is 13.8. The van der Waals surface area contributed by atoms with Gasteiger partial charge in [-0.15, -0.1) is 0 Å². The Morgan fingerprint density at radius 3 is 1.81 bits per heavy atom. The van der Waals surface area contributed by atoms with Gasteiger partial charge in [0.25, 0.3) is 0 Å². The van der Waals surface area contributed by atoms with E-state index in [0.717, 1.165) is 0 Å². The topological polar surface area (TPSA) is 81.7 Å². The van der Waals surface area contributed by atoms with Crippen molar-refractivity contribution in [3.8, 4) is 23.0 Å². The molecular formula is C20H6Br2Cl2Na2O5. The molecule has 0 unspecified atom stereocenters. The van der Waals surface area contributed by atoms with E-state index in [1.165, 1.54) is 30.3 Å². The average molecular weight is 603 g/mol. The Morgan fingerprint density at radius 1 is 0.806 bits per heavy atom. The fourth-order valence-corrected chi connectivity index (χ4v) is 5.17. The Kier molecular flexibility index (Phi) is 7.48. The summed E-state index contributed by atoms with van der Waals surface area (Å²) >= 11 is 19.3. The van der Waals surface area contributed by atoms with Gasteiger partial charge in [0.2, 0.25) is 0 Å². The van der Waals surface area contributed by atoms with Crippen LogP contribution in [-0.4, -0.2) is 5.97 Å². The molecule has 2 aliphatic heterocycles. The molecule has 0 saturated heterocycles. The minimum atomic E-state index is -1.54. The summed E-state index contributed by atoms with van der Waals surface area (Å²) in [5.41, 5.74) is -0.304. The van der Waals surface area contributed by atoms with Gasteiger partial charge in [0.1, 0.15) is 11.5 Å². The van der Waals surface area contributed by atoms with Gasteiger partial charge in [-0.3, -0.25) is 0 Å². The first-order valence-electron chi connectivity index (χ1n) is 8.17. The van der Waals surface area contributed by atoms with Crippen LogP contribution in [0.2, 0.25) is 10.0 Å². The fraction of sp³-hybridized carbons (Fsp3) is 0.0500. The van der Waals surface area contributed by atoms with Gasteiger partial charge in [0, 0.05) is 21.7 Å². The summed E-state index contributed by atoms with van der Waals surface area (Å²) in [5.74, 6) is -1.08. The third-order valence-electron chi connectivity index (χ3n) is 4.99. The Labute approximate surface area is 247 Å². The summed E-state index contributed by atoms with van der Waals surface area (Å²) in [7, 11) is 0. The van der Waals surface area contributed by atoms with Crippen molar-refractivity contribution in [1.82, 2.24) is 0 Å². The van der Waals surface area contributed by atoms with Crippen LogP contribution in [-0.2, 0) is 10.3 Å². The van der Waals surface area contributed by atoms with Crippen LogP contribution in [0.3, 0.4) is 0 Å². The van der Waals surface area contributed by atoms with E-state index in [-0.39, 0.29) is 107 Å². The minimum Gasteiger partial charge on any atom is -0.872 e. The van der Waals surface area contributed by atoms with Gasteiger partial charge < -0.3 is 19.7 Å². The van der Waals surface area contributed by atoms with Crippen LogP contribution in [0, 0.1) is 0 Å². The molecule has 0 saturated carbocycles. The molecule has 146 valence electrons. The van der Waals surface area contributed by atoms with E-state index in [9.17, 15) is 15.0 Å². The van der Waals surface area contributed by atoms with Gasteiger partial charge in [-0.25, -0.2) is 4.79 Å². The summed E-state index contributed by atoms with van der Waals surface area (Å²) in [5, 5.41) is 24.9. The number of fused-ring (bicyclic) bond motifs is 6. The second-order valence-electron chi connectivity index (χ2n) is 6.46. The van der Waals surface area contributed by atoms with E-state index in [1.54, 1.807) is 6.07 Å². The molecule has 0 radical (unpaired) electrons. The monoisotopic (exact) mass is 600 g/mol. The number of carbonyl (C=O) groups is 1.